The van der Waals surface area contributed by atoms with E-state index < -0.39 is 0 Å². The molecular formula is C22H27N9. The van der Waals surface area contributed by atoms with Gasteiger partial charge in [0.25, 0.3) is 0 Å². The minimum Gasteiger partial charge on any atom is -0.370 e. The Kier molecular flexibility index (Phi) is 5.47. The molecule has 0 bridgehead atoms. The second-order valence-electron chi connectivity index (χ2n) is 8.16. The highest BCUT2D eigenvalue weighted by Gasteiger charge is 2.23. The second-order valence-corrected chi connectivity index (χ2v) is 8.16. The Labute approximate surface area is 181 Å². The van der Waals surface area contributed by atoms with Crippen molar-refractivity contribution < 1.29 is 0 Å². The second kappa shape index (κ2) is 8.71. The molecule has 1 aromatic carbocycles. The van der Waals surface area contributed by atoms with E-state index in [-0.39, 0.29) is 0 Å². The number of anilines is 1. The van der Waals surface area contributed by atoms with E-state index in [2.05, 4.69) is 59.9 Å². The zero-order chi connectivity index (χ0) is 21.0. The molecular weight excluding hydrogens is 390 g/mol. The summed E-state index contributed by atoms with van der Waals surface area (Å²) < 4.78 is 0. The molecule has 0 atom stereocenters. The maximum atomic E-state index is 6.23. The van der Waals surface area contributed by atoms with E-state index in [1.165, 1.54) is 11.1 Å². The van der Waals surface area contributed by atoms with Crippen molar-refractivity contribution in [3.05, 3.63) is 64.7 Å². The lowest BCUT2D eigenvalue weighted by atomic mass is 10.1. The van der Waals surface area contributed by atoms with Gasteiger partial charge in [-0.15, -0.1) is 0 Å². The van der Waals surface area contributed by atoms with E-state index in [9.17, 15) is 0 Å². The SMILES string of the molecule is NC(=NCCCc1cn[nH]n1)N1CCc2nc(NC3Cc4ccccc4C3)ncc2C1. The van der Waals surface area contributed by atoms with Crippen molar-refractivity contribution in [1.29, 1.82) is 0 Å². The summed E-state index contributed by atoms with van der Waals surface area (Å²) in [5.74, 6) is 1.30. The first-order valence-corrected chi connectivity index (χ1v) is 10.8. The summed E-state index contributed by atoms with van der Waals surface area (Å²) in [6.07, 6.45) is 8.28. The zero-order valence-corrected chi connectivity index (χ0v) is 17.5. The molecule has 0 unspecified atom stereocenters. The molecule has 3 aromatic rings. The molecule has 1 aliphatic heterocycles. The summed E-state index contributed by atoms with van der Waals surface area (Å²) in [7, 11) is 0. The number of fused-ring (bicyclic) bond motifs is 2. The number of rotatable bonds is 6. The first kappa shape index (κ1) is 19.5. The number of nitrogens with zero attached hydrogens (tertiary/aromatic N) is 6. The molecule has 0 saturated heterocycles. The van der Waals surface area contributed by atoms with Gasteiger partial charge in [-0.2, -0.15) is 15.4 Å². The summed E-state index contributed by atoms with van der Waals surface area (Å²) in [6, 6.07) is 8.98. The van der Waals surface area contributed by atoms with Gasteiger partial charge in [0, 0.05) is 43.9 Å². The standard InChI is InChI=1S/C22H27N9/c23-21(24-8-3-6-18-13-26-30-29-18)31-9-7-20-17(14-31)12-25-22(28-20)27-19-10-15-4-1-2-5-16(15)11-19/h1-2,4-5,12-13,19H,3,6-11,14H2,(H2,23,24)(H,25,27,28)(H,26,29,30). The molecule has 9 nitrogen and oxygen atoms in total. The summed E-state index contributed by atoms with van der Waals surface area (Å²) in [5.41, 5.74) is 12.2. The third-order valence-corrected chi connectivity index (χ3v) is 5.97. The summed E-state index contributed by atoms with van der Waals surface area (Å²) in [5, 5.41) is 14.0. The van der Waals surface area contributed by atoms with E-state index in [1.807, 2.05) is 6.20 Å². The largest absolute Gasteiger partial charge is 0.370 e. The number of aliphatic imine (C=N–C) groups is 1. The highest BCUT2D eigenvalue weighted by Crippen LogP contribution is 2.24. The Morgan fingerprint density at radius 1 is 1.19 bits per heavy atom. The molecule has 0 radical (unpaired) electrons. The van der Waals surface area contributed by atoms with Crippen molar-refractivity contribution in [2.24, 2.45) is 10.7 Å². The highest BCUT2D eigenvalue weighted by molar-refractivity contribution is 5.78. The number of aromatic nitrogens is 5. The lowest BCUT2D eigenvalue weighted by Gasteiger charge is -2.29. The van der Waals surface area contributed by atoms with Crippen molar-refractivity contribution in [2.45, 2.75) is 44.7 Å². The van der Waals surface area contributed by atoms with E-state index in [1.54, 1.807) is 6.20 Å². The van der Waals surface area contributed by atoms with Crippen molar-refractivity contribution in [3.8, 4) is 0 Å². The van der Waals surface area contributed by atoms with Gasteiger partial charge < -0.3 is 16.0 Å². The molecule has 3 heterocycles. The molecule has 31 heavy (non-hydrogen) atoms. The Morgan fingerprint density at radius 2 is 2.03 bits per heavy atom. The number of H-pyrrole nitrogens is 1. The van der Waals surface area contributed by atoms with Gasteiger partial charge in [-0.05, 0) is 36.8 Å². The minimum absolute atomic E-state index is 0.357. The van der Waals surface area contributed by atoms with Crippen molar-refractivity contribution in [2.75, 3.05) is 18.4 Å². The quantitative estimate of drug-likeness (QED) is 0.315. The highest BCUT2D eigenvalue weighted by atomic mass is 15.3. The van der Waals surface area contributed by atoms with Crippen LogP contribution >= 0.6 is 0 Å². The molecule has 4 N–H and O–H groups in total. The molecule has 2 aromatic heterocycles. The third kappa shape index (κ3) is 4.50. The number of aromatic amines is 1. The van der Waals surface area contributed by atoms with Crippen molar-refractivity contribution in [3.63, 3.8) is 0 Å². The molecule has 2 aliphatic rings. The first-order valence-electron chi connectivity index (χ1n) is 10.8. The fraction of sp³-hybridized carbons (Fsp3) is 0.409. The van der Waals surface area contributed by atoms with Gasteiger partial charge in [0.1, 0.15) is 0 Å². The number of nitrogens with one attached hydrogen (secondary N) is 2. The number of hydrogen-bond donors (Lipinski definition) is 3. The number of hydrogen-bond acceptors (Lipinski definition) is 6. The Balaban J connectivity index is 1.15. The maximum Gasteiger partial charge on any atom is 0.223 e. The van der Waals surface area contributed by atoms with Gasteiger partial charge in [-0.1, -0.05) is 24.3 Å². The molecule has 9 heteroatoms. The van der Waals surface area contributed by atoms with Crippen LogP contribution in [0.15, 0.2) is 41.7 Å². The Morgan fingerprint density at radius 3 is 2.81 bits per heavy atom. The molecule has 0 fully saturated rings. The van der Waals surface area contributed by atoms with Gasteiger partial charge in [-0.3, -0.25) is 4.99 Å². The number of benzene rings is 1. The molecule has 1 aliphatic carbocycles. The van der Waals surface area contributed by atoms with Crippen LogP contribution in [0.4, 0.5) is 5.95 Å². The summed E-state index contributed by atoms with van der Waals surface area (Å²) in [6.45, 7) is 2.19. The van der Waals surface area contributed by atoms with E-state index >= 15 is 0 Å². The van der Waals surface area contributed by atoms with Crippen LogP contribution in [0.2, 0.25) is 0 Å². The van der Waals surface area contributed by atoms with E-state index in [4.69, 9.17) is 10.7 Å². The minimum atomic E-state index is 0.357. The van der Waals surface area contributed by atoms with Crippen LogP contribution in [0, 0.1) is 0 Å². The molecule has 5 rings (SSSR count). The predicted molar refractivity (Wildman–Crippen MR) is 119 cm³/mol. The summed E-state index contributed by atoms with van der Waals surface area (Å²) >= 11 is 0. The monoisotopic (exact) mass is 417 g/mol. The van der Waals surface area contributed by atoms with Gasteiger partial charge in [0.05, 0.1) is 17.6 Å². The molecule has 0 amide bonds. The average Bonchev–Trinajstić information content (AvgIpc) is 3.45. The fourth-order valence-corrected chi connectivity index (χ4v) is 4.32. The fourth-order valence-electron chi connectivity index (χ4n) is 4.32. The Bertz CT molecular complexity index is 1040. The lowest BCUT2D eigenvalue weighted by Crippen LogP contribution is -2.41. The molecule has 0 saturated carbocycles. The van der Waals surface area contributed by atoms with E-state index in [0.29, 0.717) is 25.1 Å². The predicted octanol–water partition coefficient (Wildman–Crippen LogP) is 1.48. The van der Waals surface area contributed by atoms with Crippen LogP contribution < -0.4 is 11.1 Å². The maximum absolute atomic E-state index is 6.23. The van der Waals surface area contributed by atoms with Crippen molar-refractivity contribution in [1.82, 2.24) is 30.3 Å². The van der Waals surface area contributed by atoms with Crippen LogP contribution in [0.5, 0.6) is 0 Å². The summed E-state index contributed by atoms with van der Waals surface area (Å²) in [4.78, 5) is 16.0. The van der Waals surface area contributed by atoms with Crippen molar-refractivity contribution >= 4 is 11.9 Å². The van der Waals surface area contributed by atoms with Crippen LogP contribution in [-0.2, 0) is 32.2 Å². The van der Waals surface area contributed by atoms with Crippen LogP contribution in [0.1, 0.15) is 34.5 Å². The Hall–Kier alpha value is -3.49. The van der Waals surface area contributed by atoms with Gasteiger partial charge in [0.2, 0.25) is 5.95 Å². The van der Waals surface area contributed by atoms with Crippen LogP contribution in [0.3, 0.4) is 0 Å². The number of aryl methyl sites for hydroxylation is 1. The van der Waals surface area contributed by atoms with E-state index in [0.717, 1.165) is 61.5 Å². The molecule has 160 valence electrons. The average molecular weight is 418 g/mol. The van der Waals surface area contributed by atoms with Gasteiger partial charge in [0.15, 0.2) is 5.96 Å². The lowest BCUT2D eigenvalue weighted by molar-refractivity contribution is 0.382. The number of nitrogens with two attached hydrogens (primary N) is 1. The zero-order valence-electron chi connectivity index (χ0n) is 17.5. The smallest absolute Gasteiger partial charge is 0.223 e. The van der Waals surface area contributed by atoms with Gasteiger partial charge in [-0.25, -0.2) is 9.97 Å². The van der Waals surface area contributed by atoms with Crippen LogP contribution in [-0.4, -0.2) is 55.4 Å². The topological polar surface area (TPSA) is 121 Å². The number of guanidine groups is 1. The normalized spacial score (nSPS) is 16.3. The van der Waals surface area contributed by atoms with Gasteiger partial charge >= 0.3 is 0 Å². The molecule has 0 spiro atoms. The first-order chi connectivity index (χ1) is 15.2. The third-order valence-electron chi connectivity index (χ3n) is 5.97. The van der Waals surface area contributed by atoms with Crippen LogP contribution in [0.25, 0.3) is 0 Å².